The zero-order chi connectivity index (χ0) is 38.9. The second-order valence-corrected chi connectivity index (χ2v) is 13.0. The van der Waals surface area contributed by atoms with Crippen molar-refractivity contribution in [3.05, 3.63) is 76.1 Å². The van der Waals surface area contributed by atoms with Crippen molar-refractivity contribution in [2.45, 2.75) is 83.0 Å². The fourth-order valence-corrected chi connectivity index (χ4v) is 6.83. The number of anilines is 3. The van der Waals surface area contributed by atoms with Gasteiger partial charge in [-0.05, 0) is 86.1 Å². The number of hydrogen-bond donors (Lipinski definition) is 2. The first-order valence-electron chi connectivity index (χ1n) is 16.8. The number of carboxylic acids is 1. The molecule has 288 valence electrons. The standard InChI is InChI=1S/C35H36F9N5O4/c1-3-24-17-26(25-16-21(33(36,37)38)5-6-28(25)49(24)32(52)53-4-2)46-31-45-18-29(48-9-7-19(8-10-48)14-30(50)51)27(47-31)13-20-11-22(34(39,40)41)15-23(12-20)35(42,43)44/h5-6,11-12,15-16,18-19,24,26H,3-4,7-10,13-14,17H2,1-2H3,(H,50,51)(H,45,46,47)/t24-,26+/m1/s1. The maximum Gasteiger partial charge on any atom is 0.416 e. The molecule has 53 heavy (non-hydrogen) atoms. The molecule has 3 aromatic rings. The molecule has 2 aliphatic rings. The zero-order valence-electron chi connectivity index (χ0n) is 28.5. The van der Waals surface area contributed by atoms with E-state index in [0.29, 0.717) is 50.2 Å². The molecule has 0 aliphatic carbocycles. The van der Waals surface area contributed by atoms with Crippen molar-refractivity contribution in [2.24, 2.45) is 5.92 Å². The number of carbonyl (C=O) groups is 2. The number of piperidine rings is 1. The van der Waals surface area contributed by atoms with E-state index in [4.69, 9.17) is 4.74 Å². The third kappa shape index (κ3) is 9.25. The summed E-state index contributed by atoms with van der Waals surface area (Å²) in [5, 5.41) is 12.2. The summed E-state index contributed by atoms with van der Waals surface area (Å²) in [6.07, 6.45) is -13.6. The SMILES string of the molecule is CCOC(=O)N1c2ccc(C(F)(F)F)cc2[C@@H](Nc2ncc(N3CCC(CC(=O)O)CC3)c(Cc3cc(C(F)(F)F)cc(C(F)(F)F)c3)n2)C[C@H]1CC. The van der Waals surface area contributed by atoms with Gasteiger partial charge in [-0.1, -0.05) is 6.92 Å². The molecule has 1 amide bonds. The Balaban J connectivity index is 1.57. The van der Waals surface area contributed by atoms with E-state index < -0.39 is 65.8 Å². The van der Waals surface area contributed by atoms with E-state index in [2.05, 4.69) is 15.3 Å². The van der Waals surface area contributed by atoms with Crippen molar-refractivity contribution in [3.8, 4) is 0 Å². The van der Waals surface area contributed by atoms with E-state index in [9.17, 15) is 54.2 Å². The number of fused-ring (bicyclic) bond motifs is 1. The number of alkyl halides is 9. The van der Waals surface area contributed by atoms with E-state index in [0.717, 1.165) is 12.1 Å². The fourth-order valence-electron chi connectivity index (χ4n) is 6.83. The van der Waals surface area contributed by atoms with Crippen molar-refractivity contribution in [2.75, 3.05) is 34.8 Å². The Morgan fingerprint density at radius 2 is 1.51 bits per heavy atom. The predicted octanol–water partition coefficient (Wildman–Crippen LogP) is 9.11. The number of ether oxygens (including phenoxy) is 1. The minimum atomic E-state index is -5.10. The second-order valence-electron chi connectivity index (χ2n) is 13.0. The molecular formula is C35H36F9N5O4. The van der Waals surface area contributed by atoms with Crippen molar-refractivity contribution in [3.63, 3.8) is 0 Å². The quantitative estimate of drug-likeness (QED) is 0.208. The number of nitrogens with one attached hydrogen (secondary N) is 1. The largest absolute Gasteiger partial charge is 0.481 e. The number of nitrogens with zero attached hydrogens (tertiary/aromatic N) is 4. The Labute approximate surface area is 298 Å². The van der Waals surface area contributed by atoms with Crippen LogP contribution >= 0.6 is 0 Å². The molecule has 2 N–H and O–H groups in total. The highest BCUT2D eigenvalue weighted by Crippen LogP contribution is 2.44. The highest BCUT2D eigenvalue weighted by atomic mass is 19.4. The number of carboxylic acid groups (broad SMARTS) is 1. The monoisotopic (exact) mass is 761 g/mol. The molecule has 18 heteroatoms. The molecule has 0 radical (unpaired) electrons. The first-order chi connectivity index (χ1) is 24.8. The number of benzene rings is 2. The van der Waals surface area contributed by atoms with Crippen LogP contribution in [-0.2, 0) is 34.5 Å². The van der Waals surface area contributed by atoms with Gasteiger partial charge in [0.1, 0.15) is 0 Å². The smallest absolute Gasteiger partial charge is 0.416 e. The summed E-state index contributed by atoms with van der Waals surface area (Å²) >= 11 is 0. The summed E-state index contributed by atoms with van der Waals surface area (Å²) in [7, 11) is 0. The van der Waals surface area contributed by atoms with E-state index in [1.165, 1.54) is 17.2 Å². The lowest BCUT2D eigenvalue weighted by Gasteiger charge is -2.40. The number of halogens is 9. The van der Waals surface area contributed by atoms with Crippen LogP contribution in [0.3, 0.4) is 0 Å². The Hall–Kier alpha value is -4.77. The highest BCUT2D eigenvalue weighted by Gasteiger charge is 2.40. The summed E-state index contributed by atoms with van der Waals surface area (Å²) in [6, 6.07) is 2.64. The summed E-state index contributed by atoms with van der Waals surface area (Å²) in [6.45, 7) is 3.97. The van der Waals surface area contributed by atoms with Crippen molar-refractivity contribution >= 4 is 29.4 Å². The van der Waals surface area contributed by atoms with E-state index in [-0.39, 0.29) is 59.9 Å². The van der Waals surface area contributed by atoms with E-state index >= 15 is 0 Å². The van der Waals surface area contributed by atoms with Crippen LogP contribution in [-0.4, -0.2) is 52.9 Å². The topological polar surface area (TPSA) is 108 Å². The maximum absolute atomic E-state index is 13.9. The Bertz CT molecular complexity index is 1780. The van der Waals surface area contributed by atoms with Gasteiger partial charge >= 0.3 is 30.6 Å². The number of rotatable bonds is 9. The van der Waals surface area contributed by atoms with Gasteiger partial charge in [0.05, 0.1) is 52.6 Å². The van der Waals surface area contributed by atoms with Crippen molar-refractivity contribution < 1.29 is 58.9 Å². The van der Waals surface area contributed by atoms with Crippen LogP contribution in [0.5, 0.6) is 0 Å². The fraction of sp³-hybridized carbons (Fsp3) is 0.486. The van der Waals surface area contributed by atoms with Crippen LogP contribution in [0.15, 0.2) is 42.6 Å². The van der Waals surface area contributed by atoms with E-state index in [1.807, 2.05) is 0 Å². The molecule has 0 bridgehead atoms. The molecule has 0 spiro atoms. The lowest BCUT2D eigenvalue weighted by molar-refractivity contribution is -0.143. The van der Waals surface area contributed by atoms with Gasteiger partial charge in [-0.25, -0.2) is 14.8 Å². The average molecular weight is 762 g/mol. The van der Waals surface area contributed by atoms with Gasteiger partial charge in [-0.15, -0.1) is 0 Å². The normalized spacial score (nSPS) is 18.5. The van der Waals surface area contributed by atoms with Crippen LogP contribution < -0.4 is 15.1 Å². The molecule has 1 saturated heterocycles. The lowest BCUT2D eigenvalue weighted by atomic mass is 9.89. The highest BCUT2D eigenvalue weighted by molar-refractivity contribution is 5.90. The van der Waals surface area contributed by atoms with Gasteiger partial charge in [-0.3, -0.25) is 9.69 Å². The third-order valence-corrected chi connectivity index (χ3v) is 9.39. The first-order valence-corrected chi connectivity index (χ1v) is 16.8. The maximum atomic E-state index is 13.9. The molecule has 1 aromatic heterocycles. The predicted molar refractivity (Wildman–Crippen MR) is 174 cm³/mol. The Kier molecular flexibility index (Phi) is 11.4. The molecule has 2 aliphatic heterocycles. The van der Waals surface area contributed by atoms with Gasteiger partial charge in [0, 0.05) is 32.0 Å². The number of hydrogen-bond acceptors (Lipinski definition) is 7. The summed E-state index contributed by atoms with van der Waals surface area (Å²) < 4.78 is 129. The molecule has 0 saturated carbocycles. The van der Waals surface area contributed by atoms with Crippen LogP contribution in [0.2, 0.25) is 0 Å². The summed E-state index contributed by atoms with van der Waals surface area (Å²) in [4.78, 5) is 36.2. The molecule has 0 unspecified atom stereocenters. The number of aromatic nitrogens is 2. The number of carbonyl (C=O) groups excluding carboxylic acids is 1. The Morgan fingerprint density at radius 1 is 0.887 bits per heavy atom. The third-order valence-electron chi connectivity index (χ3n) is 9.39. The minimum absolute atomic E-state index is 0.0138. The Morgan fingerprint density at radius 3 is 2.06 bits per heavy atom. The van der Waals surface area contributed by atoms with Crippen LogP contribution in [0.25, 0.3) is 0 Å². The number of amides is 1. The molecule has 5 rings (SSSR count). The molecule has 3 heterocycles. The van der Waals surface area contributed by atoms with Crippen molar-refractivity contribution in [1.29, 1.82) is 0 Å². The van der Waals surface area contributed by atoms with Gasteiger partial charge < -0.3 is 20.1 Å². The minimum Gasteiger partial charge on any atom is -0.481 e. The van der Waals surface area contributed by atoms with Crippen LogP contribution in [0.4, 0.5) is 61.6 Å². The summed E-state index contributed by atoms with van der Waals surface area (Å²) in [5.41, 5.74) is -3.83. The second kappa shape index (κ2) is 15.3. The zero-order valence-corrected chi connectivity index (χ0v) is 28.5. The first kappa shape index (κ1) is 39.4. The van der Waals surface area contributed by atoms with Gasteiger partial charge in [-0.2, -0.15) is 39.5 Å². The van der Waals surface area contributed by atoms with Gasteiger partial charge in [0.25, 0.3) is 0 Å². The van der Waals surface area contributed by atoms with Crippen LogP contribution in [0.1, 0.15) is 85.5 Å². The molecular weight excluding hydrogens is 725 g/mol. The van der Waals surface area contributed by atoms with Gasteiger partial charge in [0.15, 0.2) is 0 Å². The summed E-state index contributed by atoms with van der Waals surface area (Å²) in [5.74, 6) is -1.30. The molecule has 9 nitrogen and oxygen atoms in total. The van der Waals surface area contributed by atoms with Crippen LogP contribution in [0, 0.1) is 5.92 Å². The lowest BCUT2D eigenvalue weighted by Crippen LogP contribution is -2.46. The van der Waals surface area contributed by atoms with E-state index in [1.54, 1.807) is 18.7 Å². The number of aliphatic carboxylic acids is 1. The molecule has 2 atom stereocenters. The average Bonchev–Trinajstić information content (AvgIpc) is 3.07. The molecule has 1 fully saturated rings. The molecule has 2 aromatic carbocycles. The van der Waals surface area contributed by atoms with Crippen molar-refractivity contribution in [1.82, 2.24) is 9.97 Å². The van der Waals surface area contributed by atoms with Gasteiger partial charge in [0.2, 0.25) is 5.95 Å².